The molecule has 0 bridgehead atoms. The molecule has 0 saturated carbocycles. The number of oxime groups is 1. The first kappa shape index (κ1) is 25.6. The number of nitrogens with one attached hydrogen (secondary N) is 1. The number of carbonyl (C=O) groups excluding carboxylic acids is 2. The zero-order chi connectivity index (χ0) is 26.3. The highest BCUT2D eigenvalue weighted by atomic mass is 32.2. The van der Waals surface area contributed by atoms with Gasteiger partial charge in [-0.3, -0.25) is 14.5 Å². The number of carboxylic acids is 1. The second kappa shape index (κ2) is 10.4. The number of nitrogens with two attached hydrogens (primary N) is 1. The number of thioether (sulfide) groups is 1. The van der Waals surface area contributed by atoms with Gasteiger partial charge in [0.05, 0.1) is 6.10 Å². The van der Waals surface area contributed by atoms with Crippen LogP contribution in [0.2, 0.25) is 0 Å². The number of ether oxygens (including phenoxy) is 1. The summed E-state index contributed by atoms with van der Waals surface area (Å²) in [5, 5.41) is 17.7. The standard InChI is InChI=1S/C22H24N6O6S3/c1-33-13-5-3-4-12-17(13)37-9-27(12)6-10-7-35-20-15(19(30)28(20)16(10)21(31)32)25-18(29)14(26-34-2)11-8-36-22(23)24-11/h8-9,13,15,20H,3-7H2,1-2H3,(H3-,23,24,25,29,31,32)/p+1/b26-14-/t13?,15-,20-/m1/s1. The molecule has 12 nitrogen and oxygen atoms in total. The summed E-state index contributed by atoms with van der Waals surface area (Å²) in [6.07, 6.45) is 2.92. The molecule has 3 aliphatic rings. The lowest BCUT2D eigenvalue weighted by Crippen LogP contribution is -2.71. The van der Waals surface area contributed by atoms with E-state index in [0.717, 1.165) is 36.3 Å². The summed E-state index contributed by atoms with van der Waals surface area (Å²) in [5.74, 6) is -1.91. The second-order valence-electron chi connectivity index (χ2n) is 8.59. The molecule has 2 amide bonds. The Hall–Kier alpha value is -3.01. The Labute approximate surface area is 224 Å². The van der Waals surface area contributed by atoms with Crippen molar-refractivity contribution in [3.05, 3.63) is 38.4 Å². The predicted molar refractivity (Wildman–Crippen MR) is 137 cm³/mol. The number of fused-ring (bicyclic) bond motifs is 2. The Bertz CT molecular complexity index is 1320. The van der Waals surface area contributed by atoms with E-state index in [0.29, 0.717) is 17.9 Å². The van der Waals surface area contributed by atoms with Gasteiger partial charge in [-0.15, -0.1) is 23.1 Å². The minimum Gasteiger partial charge on any atom is -0.477 e. The second-order valence-corrected chi connectivity index (χ2v) is 11.5. The number of nitrogens with zero attached hydrogens (tertiary/aromatic N) is 4. The number of thiazole rings is 2. The van der Waals surface area contributed by atoms with Crippen molar-refractivity contribution in [2.45, 2.75) is 43.3 Å². The third kappa shape index (κ3) is 4.60. The molecule has 3 atom stereocenters. The fraction of sp³-hybridized carbons (Fsp3) is 0.455. The molecular weight excluding hydrogens is 540 g/mol. The summed E-state index contributed by atoms with van der Waals surface area (Å²) in [6, 6.07) is -0.907. The Morgan fingerprint density at radius 2 is 2.19 bits per heavy atom. The lowest BCUT2D eigenvalue weighted by atomic mass is 9.99. The Morgan fingerprint density at radius 1 is 1.38 bits per heavy atom. The number of methoxy groups -OCH3 is 1. The number of hydrogen-bond donors (Lipinski definition) is 3. The smallest absolute Gasteiger partial charge is 0.352 e. The van der Waals surface area contributed by atoms with Crippen molar-refractivity contribution in [2.75, 3.05) is 25.7 Å². The third-order valence-electron chi connectivity index (χ3n) is 6.45. The number of hydrogen-bond acceptors (Lipinski definition) is 11. The van der Waals surface area contributed by atoms with E-state index in [2.05, 4.69) is 20.0 Å². The van der Waals surface area contributed by atoms with Gasteiger partial charge in [-0.2, -0.15) is 4.57 Å². The van der Waals surface area contributed by atoms with E-state index in [4.69, 9.17) is 15.3 Å². The summed E-state index contributed by atoms with van der Waals surface area (Å²) in [6.45, 7) is 0.375. The van der Waals surface area contributed by atoms with Crippen LogP contribution in [0.1, 0.15) is 35.2 Å². The molecule has 37 heavy (non-hydrogen) atoms. The van der Waals surface area contributed by atoms with Gasteiger partial charge < -0.3 is 25.7 Å². The highest BCUT2D eigenvalue weighted by molar-refractivity contribution is 8.00. The van der Waals surface area contributed by atoms with Gasteiger partial charge in [0.1, 0.15) is 34.8 Å². The van der Waals surface area contributed by atoms with Crippen molar-refractivity contribution in [3.8, 4) is 0 Å². The first-order chi connectivity index (χ1) is 17.8. The van der Waals surface area contributed by atoms with Gasteiger partial charge in [0.2, 0.25) is 5.51 Å². The lowest BCUT2D eigenvalue weighted by Gasteiger charge is -2.49. The number of anilines is 1. The molecule has 4 heterocycles. The molecule has 2 aromatic heterocycles. The summed E-state index contributed by atoms with van der Waals surface area (Å²) in [7, 11) is 2.99. The molecule has 2 aliphatic heterocycles. The Balaban J connectivity index is 1.35. The maximum atomic E-state index is 13.1. The maximum absolute atomic E-state index is 13.1. The summed E-state index contributed by atoms with van der Waals surface area (Å²) in [5.41, 5.74) is 9.54. The van der Waals surface area contributed by atoms with Gasteiger partial charge in [-0.05, 0) is 12.8 Å². The molecule has 15 heteroatoms. The SMILES string of the molecule is CO/N=C(\C(=O)N[C@@H]1C(=O)N2C(C(=O)O)=C(C[n+]3csc4c3CCCC4OC)CS[C@H]12)c1csc(N)n1. The molecule has 196 valence electrons. The molecule has 1 fully saturated rings. The van der Waals surface area contributed by atoms with Crippen LogP contribution in [0.4, 0.5) is 5.13 Å². The van der Waals surface area contributed by atoms with Crippen LogP contribution in [0.25, 0.3) is 0 Å². The maximum Gasteiger partial charge on any atom is 0.352 e. The van der Waals surface area contributed by atoms with Gasteiger partial charge in [0, 0.05) is 30.2 Å². The largest absolute Gasteiger partial charge is 0.477 e. The molecule has 5 rings (SSSR count). The normalized spacial score (nSPS) is 23.3. The number of rotatable bonds is 8. The van der Waals surface area contributed by atoms with Crippen LogP contribution in [0.3, 0.4) is 0 Å². The van der Waals surface area contributed by atoms with Crippen LogP contribution in [-0.4, -0.2) is 69.9 Å². The first-order valence-corrected chi connectivity index (χ1v) is 14.2. The number of carbonyl (C=O) groups is 3. The van der Waals surface area contributed by atoms with E-state index in [1.807, 2.05) is 5.51 Å². The number of carboxylic acid groups (broad SMARTS) is 1. The molecular formula is C22H25N6O6S3+. The fourth-order valence-corrected chi connectivity index (χ4v) is 7.82. The predicted octanol–water partition coefficient (Wildman–Crippen LogP) is 0.887. The quantitative estimate of drug-likeness (QED) is 0.183. The lowest BCUT2D eigenvalue weighted by molar-refractivity contribution is -0.692. The molecule has 1 unspecified atom stereocenters. The Kier molecular flexibility index (Phi) is 7.20. The monoisotopic (exact) mass is 565 g/mol. The fourth-order valence-electron chi connectivity index (χ4n) is 4.78. The highest BCUT2D eigenvalue weighted by Gasteiger charge is 2.55. The molecule has 1 aliphatic carbocycles. The first-order valence-electron chi connectivity index (χ1n) is 11.4. The van der Waals surface area contributed by atoms with Crippen LogP contribution in [0, 0.1) is 0 Å². The van der Waals surface area contributed by atoms with E-state index in [1.54, 1.807) is 23.8 Å². The molecule has 0 radical (unpaired) electrons. The third-order valence-corrected chi connectivity index (χ3v) is 9.58. The van der Waals surface area contributed by atoms with E-state index >= 15 is 0 Å². The van der Waals surface area contributed by atoms with Gasteiger partial charge in [-0.1, -0.05) is 16.5 Å². The number of nitrogen functional groups attached to an aromatic ring is 1. The van der Waals surface area contributed by atoms with Crippen molar-refractivity contribution in [3.63, 3.8) is 0 Å². The number of β-lactam (4-membered cyclic amide) rings is 1. The summed E-state index contributed by atoms with van der Waals surface area (Å²) < 4.78 is 7.68. The average Bonchev–Trinajstić information content (AvgIpc) is 3.51. The van der Waals surface area contributed by atoms with E-state index in [-0.39, 0.29) is 28.3 Å². The van der Waals surface area contributed by atoms with Gasteiger partial charge in [-0.25, -0.2) is 9.78 Å². The number of aromatic nitrogens is 2. The zero-order valence-corrected chi connectivity index (χ0v) is 22.5. The minimum atomic E-state index is -1.17. The van der Waals surface area contributed by atoms with Crippen molar-refractivity contribution in [1.82, 2.24) is 15.2 Å². The van der Waals surface area contributed by atoms with Crippen molar-refractivity contribution in [2.24, 2.45) is 5.16 Å². The van der Waals surface area contributed by atoms with Crippen LogP contribution in [0.5, 0.6) is 0 Å². The van der Waals surface area contributed by atoms with Crippen LogP contribution >= 0.6 is 34.4 Å². The highest BCUT2D eigenvalue weighted by Crippen LogP contribution is 2.41. The summed E-state index contributed by atoms with van der Waals surface area (Å²) in [4.78, 5) is 49.6. The molecule has 0 spiro atoms. The topological polar surface area (TPSA) is 160 Å². The van der Waals surface area contributed by atoms with E-state index in [1.165, 1.54) is 28.6 Å². The minimum absolute atomic E-state index is 0.0242. The van der Waals surface area contributed by atoms with Crippen molar-refractivity contribution >= 4 is 63.1 Å². The number of aliphatic carboxylic acids is 1. The molecule has 2 aromatic rings. The van der Waals surface area contributed by atoms with Crippen LogP contribution < -0.4 is 15.6 Å². The van der Waals surface area contributed by atoms with Crippen molar-refractivity contribution in [1.29, 1.82) is 0 Å². The molecule has 0 aromatic carbocycles. The summed E-state index contributed by atoms with van der Waals surface area (Å²) >= 11 is 4.17. The van der Waals surface area contributed by atoms with Crippen molar-refractivity contribution < 1.29 is 33.6 Å². The molecule has 4 N–H and O–H groups in total. The van der Waals surface area contributed by atoms with E-state index < -0.39 is 29.2 Å². The Morgan fingerprint density at radius 3 is 2.86 bits per heavy atom. The van der Waals surface area contributed by atoms with Crippen LogP contribution in [-0.2, 0) is 36.9 Å². The van der Waals surface area contributed by atoms with Gasteiger partial charge >= 0.3 is 5.97 Å². The molecule has 1 saturated heterocycles. The number of amides is 2. The van der Waals surface area contributed by atoms with Crippen LogP contribution in [0.15, 0.2) is 27.3 Å². The van der Waals surface area contributed by atoms with Gasteiger partial charge in [0.15, 0.2) is 23.1 Å². The van der Waals surface area contributed by atoms with E-state index in [9.17, 15) is 19.5 Å². The zero-order valence-electron chi connectivity index (χ0n) is 20.0. The van der Waals surface area contributed by atoms with Gasteiger partial charge in [0.25, 0.3) is 11.8 Å². The average molecular weight is 566 g/mol.